The average Bonchev–Trinajstić information content (AvgIpc) is 2.13. The summed E-state index contributed by atoms with van der Waals surface area (Å²) in [6, 6.07) is 9.79. The number of benzene rings is 1. The number of rotatable bonds is 0. The summed E-state index contributed by atoms with van der Waals surface area (Å²) in [5.74, 6) is 0. The second kappa shape index (κ2) is 12.2. The molecule has 0 saturated heterocycles. The summed E-state index contributed by atoms with van der Waals surface area (Å²) in [5.41, 5.74) is 0. The molecule has 0 saturated carbocycles. The van der Waals surface area contributed by atoms with E-state index in [0.29, 0.717) is 0 Å². The first-order valence-electron chi connectivity index (χ1n) is 3.58. The molecule has 0 amide bonds. The van der Waals surface area contributed by atoms with Crippen LogP contribution in [0, 0.1) is 0 Å². The van der Waals surface area contributed by atoms with Gasteiger partial charge in [-0.2, -0.15) is 0 Å². The van der Waals surface area contributed by atoms with Crippen molar-refractivity contribution in [1.82, 2.24) is 0 Å². The Labute approximate surface area is 74.5 Å². The van der Waals surface area contributed by atoms with Crippen molar-refractivity contribution in [2.45, 2.75) is 18.7 Å². The summed E-state index contributed by atoms with van der Waals surface area (Å²) < 4.78 is 0. The van der Waals surface area contributed by atoms with E-state index in [1.54, 1.807) is 0 Å². The SMILES string of the molecule is CC.CO.Sc1ccccc1. The third-order valence-corrected chi connectivity index (χ3v) is 1.05. The minimum Gasteiger partial charge on any atom is -0.400 e. The minimum absolute atomic E-state index is 1.00. The highest BCUT2D eigenvalue weighted by atomic mass is 32.1. The fourth-order valence-corrected chi connectivity index (χ4v) is 0.600. The average molecular weight is 172 g/mol. The van der Waals surface area contributed by atoms with Gasteiger partial charge in [-0.25, -0.2) is 0 Å². The standard InChI is InChI=1S/C6H6S.C2H6.CH4O/c7-6-4-2-1-3-5-6;2*1-2/h1-5,7H;1-2H3;2H,1H3. The van der Waals surface area contributed by atoms with Crippen LogP contribution < -0.4 is 0 Å². The number of hydrogen-bond donors (Lipinski definition) is 2. The number of hydrogen-bond acceptors (Lipinski definition) is 2. The van der Waals surface area contributed by atoms with Crippen molar-refractivity contribution >= 4 is 12.6 Å². The molecule has 0 aliphatic heterocycles. The van der Waals surface area contributed by atoms with Crippen LogP contribution in [0.4, 0.5) is 0 Å². The van der Waals surface area contributed by atoms with Gasteiger partial charge in [0.15, 0.2) is 0 Å². The summed E-state index contributed by atoms with van der Waals surface area (Å²) in [7, 11) is 1.00. The molecule has 1 aromatic carbocycles. The zero-order valence-electron chi connectivity index (χ0n) is 7.28. The lowest BCUT2D eigenvalue weighted by atomic mass is 10.4. The maximum absolute atomic E-state index is 7.00. The Kier molecular flexibility index (Phi) is 14.6. The van der Waals surface area contributed by atoms with Crippen LogP contribution in [0.1, 0.15) is 13.8 Å². The van der Waals surface area contributed by atoms with Crippen molar-refractivity contribution in [2.75, 3.05) is 7.11 Å². The Hall–Kier alpha value is -0.470. The summed E-state index contributed by atoms with van der Waals surface area (Å²) in [6.07, 6.45) is 0. The highest BCUT2D eigenvalue weighted by Gasteiger charge is 1.73. The molecule has 2 heteroatoms. The zero-order valence-corrected chi connectivity index (χ0v) is 8.18. The van der Waals surface area contributed by atoms with Gasteiger partial charge in [0.2, 0.25) is 0 Å². The van der Waals surface area contributed by atoms with Crippen LogP contribution in [-0.4, -0.2) is 12.2 Å². The molecular weight excluding hydrogens is 156 g/mol. The van der Waals surface area contributed by atoms with Crippen molar-refractivity contribution in [3.63, 3.8) is 0 Å². The van der Waals surface area contributed by atoms with Gasteiger partial charge in [0.05, 0.1) is 0 Å². The molecule has 0 radical (unpaired) electrons. The van der Waals surface area contributed by atoms with E-state index in [-0.39, 0.29) is 0 Å². The highest BCUT2D eigenvalue weighted by Crippen LogP contribution is 2.00. The van der Waals surface area contributed by atoms with Gasteiger partial charge in [0.1, 0.15) is 0 Å². The molecule has 0 atom stereocenters. The van der Waals surface area contributed by atoms with Gasteiger partial charge < -0.3 is 5.11 Å². The molecule has 0 aliphatic rings. The van der Waals surface area contributed by atoms with Crippen molar-refractivity contribution < 1.29 is 5.11 Å². The van der Waals surface area contributed by atoms with Crippen LogP contribution in [0.3, 0.4) is 0 Å². The van der Waals surface area contributed by atoms with Gasteiger partial charge in [0, 0.05) is 12.0 Å². The minimum atomic E-state index is 1.00. The van der Waals surface area contributed by atoms with Crippen LogP contribution in [-0.2, 0) is 0 Å². The lowest BCUT2D eigenvalue weighted by Gasteiger charge is -1.81. The molecule has 0 spiro atoms. The second-order valence-electron chi connectivity index (χ2n) is 1.34. The summed E-state index contributed by atoms with van der Waals surface area (Å²) in [4.78, 5) is 1.02. The number of aliphatic hydroxyl groups is 1. The molecule has 0 bridgehead atoms. The maximum Gasteiger partial charge on any atom is 0.0319 e. The van der Waals surface area contributed by atoms with E-state index in [4.69, 9.17) is 5.11 Å². The predicted molar refractivity (Wildman–Crippen MR) is 53.2 cm³/mol. The molecule has 1 N–H and O–H groups in total. The predicted octanol–water partition coefficient (Wildman–Crippen LogP) is 2.61. The van der Waals surface area contributed by atoms with Gasteiger partial charge >= 0.3 is 0 Å². The normalized spacial score (nSPS) is 6.64. The Morgan fingerprint density at radius 1 is 1.00 bits per heavy atom. The Morgan fingerprint density at radius 2 is 1.36 bits per heavy atom. The first-order chi connectivity index (χ1) is 5.39. The Balaban J connectivity index is 0. The summed E-state index contributed by atoms with van der Waals surface area (Å²) >= 11 is 4.08. The van der Waals surface area contributed by atoms with Gasteiger partial charge in [-0.05, 0) is 12.1 Å². The van der Waals surface area contributed by atoms with Crippen LogP contribution in [0.5, 0.6) is 0 Å². The molecule has 64 valence electrons. The van der Waals surface area contributed by atoms with Crippen molar-refractivity contribution in [3.05, 3.63) is 30.3 Å². The van der Waals surface area contributed by atoms with E-state index in [0.717, 1.165) is 12.0 Å². The van der Waals surface area contributed by atoms with Gasteiger partial charge in [-0.1, -0.05) is 32.0 Å². The van der Waals surface area contributed by atoms with Crippen LogP contribution in [0.15, 0.2) is 35.2 Å². The van der Waals surface area contributed by atoms with Crippen molar-refractivity contribution in [1.29, 1.82) is 0 Å². The summed E-state index contributed by atoms with van der Waals surface area (Å²) in [5, 5.41) is 7.00. The fourth-order valence-electron chi connectivity index (χ4n) is 0.428. The van der Waals surface area contributed by atoms with E-state index < -0.39 is 0 Å². The molecular formula is C9H16OS. The lowest BCUT2D eigenvalue weighted by Crippen LogP contribution is -1.56. The first kappa shape index (κ1) is 13.1. The molecule has 0 fully saturated rings. The number of thiol groups is 1. The van der Waals surface area contributed by atoms with E-state index in [2.05, 4.69) is 12.6 Å². The number of aliphatic hydroxyl groups excluding tert-OH is 1. The van der Waals surface area contributed by atoms with Crippen LogP contribution in [0.2, 0.25) is 0 Å². The van der Waals surface area contributed by atoms with Crippen molar-refractivity contribution in [2.24, 2.45) is 0 Å². The fraction of sp³-hybridized carbons (Fsp3) is 0.333. The third-order valence-electron chi connectivity index (χ3n) is 0.756. The molecule has 1 nitrogen and oxygen atoms in total. The van der Waals surface area contributed by atoms with E-state index in [9.17, 15) is 0 Å². The molecule has 1 aromatic rings. The zero-order chi connectivity index (χ0) is 9.11. The maximum atomic E-state index is 7.00. The molecule has 0 aromatic heterocycles. The lowest BCUT2D eigenvalue weighted by molar-refractivity contribution is 0.399. The Bertz CT molecular complexity index is 139. The second-order valence-corrected chi connectivity index (χ2v) is 1.85. The molecule has 11 heavy (non-hydrogen) atoms. The quantitative estimate of drug-likeness (QED) is 0.576. The van der Waals surface area contributed by atoms with Crippen LogP contribution >= 0.6 is 12.6 Å². The Morgan fingerprint density at radius 3 is 1.55 bits per heavy atom. The van der Waals surface area contributed by atoms with Crippen molar-refractivity contribution in [3.8, 4) is 0 Å². The summed E-state index contributed by atoms with van der Waals surface area (Å²) in [6.45, 7) is 4.00. The van der Waals surface area contributed by atoms with Gasteiger partial charge in [-0.3, -0.25) is 0 Å². The first-order valence-corrected chi connectivity index (χ1v) is 4.03. The van der Waals surface area contributed by atoms with Crippen LogP contribution in [0.25, 0.3) is 0 Å². The molecule has 1 rings (SSSR count). The van der Waals surface area contributed by atoms with E-state index in [1.165, 1.54) is 0 Å². The smallest absolute Gasteiger partial charge is 0.0319 e. The molecule has 0 unspecified atom stereocenters. The van der Waals surface area contributed by atoms with Gasteiger partial charge in [-0.15, -0.1) is 12.6 Å². The van der Waals surface area contributed by atoms with E-state index in [1.807, 2.05) is 44.2 Å². The topological polar surface area (TPSA) is 20.2 Å². The molecule has 0 heterocycles. The van der Waals surface area contributed by atoms with E-state index >= 15 is 0 Å². The molecule has 0 aliphatic carbocycles. The monoisotopic (exact) mass is 172 g/mol. The largest absolute Gasteiger partial charge is 0.400 e. The highest BCUT2D eigenvalue weighted by molar-refractivity contribution is 7.80. The third kappa shape index (κ3) is 9.53. The van der Waals surface area contributed by atoms with Gasteiger partial charge in [0.25, 0.3) is 0 Å².